The first-order valence-corrected chi connectivity index (χ1v) is 19.9. The first kappa shape index (κ1) is 33.2. The molecule has 12 rings (SSSR count). The molecule has 0 aliphatic carbocycles. The van der Waals surface area contributed by atoms with Crippen molar-refractivity contribution in [2.24, 2.45) is 0 Å². The highest BCUT2D eigenvalue weighted by Gasteiger charge is 2.24. The Morgan fingerprint density at radius 1 is 0.288 bits per heavy atom. The van der Waals surface area contributed by atoms with Gasteiger partial charge in [0.25, 0.3) is 0 Å². The third-order valence-electron chi connectivity index (χ3n) is 11.7. The van der Waals surface area contributed by atoms with Crippen molar-refractivity contribution < 1.29 is 4.42 Å². The summed E-state index contributed by atoms with van der Waals surface area (Å²) in [4.78, 5) is 16.1. The zero-order chi connectivity index (χ0) is 38.9. The maximum Gasteiger partial charge on any atom is 0.164 e. The van der Waals surface area contributed by atoms with Crippen LogP contribution in [0.5, 0.6) is 0 Å². The van der Waals surface area contributed by atoms with Crippen molar-refractivity contribution in [1.82, 2.24) is 15.0 Å². The molecule has 0 fully saturated rings. The van der Waals surface area contributed by atoms with Gasteiger partial charge in [-0.05, 0) is 78.2 Å². The van der Waals surface area contributed by atoms with Crippen LogP contribution in [0.25, 0.3) is 121 Å². The van der Waals surface area contributed by atoms with Crippen LogP contribution in [0.1, 0.15) is 0 Å². The maximum absolute atomic E-state index is 7.08. The molecule has 2 aromatic heterocycles. The monoisotopic (exact) mass is 751 g/mol. The third kappa shape index (κ3) is 5.42. The SMILES string of the molecule is c1ccc(-c2ccc(-c3nc(-c4ccccc4-c4ccccc4)nc(-c4cc5c6ccccc6c6ccccc6c5c5oc6cc7ccccc7cc6c45)n3)cc2)cc1. The number of furan rings is 1. The molecule has 4 nitrogen and oxygen atoms in total. The summed E-state index contributed by atoms with van der Waals surface area (Å²) >= 11 is 0. The van der Waals surface area contributed by atoms with Crippen LogP contribution < -0.4 is 0 Å². The molecule has 0 aliphatic rings. The minimum absolute atomic E-state index is 0.583. The van der Waals surface area contributed by atoms with E-state index in [0.717, 1.165) is 93.2 Å². The zero-order valence-electron chi connectivity index (χ0n) is 31.8. The predicted molar refractivity (Wildman–Crippen MR) is 244 cm³/mol. The summed E-state index contributed by atoms with van der Waals surface area (Å²) in [5, 5.41) is 11.1. The van der Waals surface area contributed by atoms with Crippen molar-refractivity contribution in [3.63, 3.8) is 0 Å². The number of fused-ring (bicyclic) bond motifs is 11. The van der Waals surface area contributed by atoms with Crippen LogP contribution in [0.4, 0.5) is 0 Å². The van der Waals surface area contributed by atoms with Gasteiger partial charge >= 0.3 is 0 Å². The van der Waals surface area contributed by atoms with Crippen LogP contribution in [0, 0.1) is 0 Å². The lowest BCUT2D eigenvalue weighted by Crippen LogP contribution is -2.01. The summed E-state index contributed by atoms with van der Waals surface area (Å²) in [6.07, 6.45) is 0. The lowest BCUT2D eigenvalue weighted by Gasteiger charge is -2.15. The first-order valence-electron chi connectivity index (χ1n) is 19.9. The lowest BCUT2D eigenvalue weighted by atomic mass is 9.90. The maximum atomic E-state index is 7.08. The molecule has 2 heterocycles. The van der Waals surface area contributed by atoms with Gasteiger partial charge in [0.15, 0.2) is 17.5 Å². The van der Waals surface area contributed by atoms with Gasteiger partial charge in [-0.1, -0.05) is 182 Å². The molecule has 274 valence electrons. The van der Waals surface area contributed by atoms with Crippen molar-refractivity contribution >= 4 is 65.0 Å². The average Bonchev–Trinajstić information content (AvgIpc) is 3.69. The summed E-state index contributed by atoms with van der Waals surface area (Å²) < 4.78 is 7.08. The zero-order valence-corrected chi connectivity index (χ0v) is 31.8. The molecule has 0 N–H and O–H groups in total. The van der Waals surface area contributed by atoms with Gasteiger partial charge in [-0.15, -0.1) is 0 Å². The second-order valence-corrected chi connectivity index (χ2v) is 15.1. The van der Waals surface area contributed by atoms with Crippen molar-refractivity contribution in [3.05, 3.63) is 200 Å². The average molecular weight is 752 g/mol. The smallest absolute Gasteiger partial charge is 0.164 e. The van der Waals surface area contributed by atoms with E-state index < -0.39 is 0 Å². The van der Waals surface area contributed by atoms with E-state index in [4.69, 9.17) is 19.4 Å². The Morgan fingerprint density at radius 3 is 1.49 bits per heavy atom. The van der Waals surface area contributed by atoms with E-state index in [0.29, 0.717) is 17.5 Å². The fourth-order valence-corrected chi connectivity index (χ4v) is 8.92. The number of aromatic nitrogens is 3. The topological polar surface area (TPSA) is 51.8 Å². The summed E-state index contributed by atoms with van der Waals surface area (Å²) in [7, 11) is 0. The van der Waals surface area contributed by atoms with E-state index in [-0.39, 0.29) is 0 Å². The fraction of sp³-hybridized carbons (Fsp3) is 0. The largest absolute Gasteiger partial charge is 0.455 e. The first-order chi connectivity index (χ1) is 29.2. The molecule has 0 amide bonds. The van der Waals surface area contributed by atoms with Crippen LogP contribution in [0.2, 0.25) is 0 Å². The summed E-state index contributed by atoms with van der Waals surface area (Å²) in [5.74, 6) is 1.79. The van der Waals surface area contributed by atoms with Gasteiger partial charge in [0.05, 0.1) is 0 Å². The molecule has 0 radical (unpaired) electrons. The number of nitrogens with zero attached hydrogens (tertiary/aromatic N) is 3. The molecule has 59 heavy (non-hydrogen) atoms. The van der Waals surface area contributed by atoms with Crippen LogP contribution in [-0.2, 0) is 0 Å². The number of hydrogen-bond acceptors (Lipinski definition) is 4. The molecule has 0 saturated carbocycles. The van der Waals surface area contributed by atoms with Crippen LogP contribution in [0.3, 0.4) is 0 Å². The summed E-state index contributed by atoms with van der Waals surface area (Å²) in [6.45, 7) is 0. The highest BCUT2D eigenvalue weighted by Crippen LogP contribution is 2.47. The van der Waals surface area contributed by atoms with Gasteiger partial charge in [-0.25, -0.2) is 15.0 Å². The number of benzene rings is 10. The Morgan fingerprint density at radius 2 is 0.780 bits per heavy atom. The van der Waals surface area contributed by atoms with E-state index in [1.807, 2.05) is 12.1 Å². The van der Waals surface area contributed by atoms with Crippen molar-refractivity contribution in [1.29, 1.82) is 0 Å². The van der Waals surface area contributed by atoms with E-state index in [9.17, 15) is 0 Å². The standard InChI is InChI=1S/C55H33N3O/c1-3-15-34(16-4-1)35-27-29-37(30-28-35)53-56-54(45-26-14-9-21-40(45)36-17-5-2-6-18-36)58-55(57-53)48-33-46-43-24-11-10-22-41(43)42-23-12-13-25-44(42)50(46)52-51(48)47-31-38-19-7-8-20-39(38)32-49(47)59-52/h1-33H. The second-order valence-electron chi connectivity index (χ2n) is 15.1. The van der Waals surface area contributed by atoms with Gasteiger partial charge in [0, 0.05) is 32.8 Å². The quantitative estimate of drug-likeness (QED) is 0.164. The molecule has 0 saturated heterocycles. The minimum Gasteiger partial charge on any atom is -0.455 e. The molecule has 4 heteroatoms. The second kappa shape index (κ2) is 13.3. The van der Waals surface area contributed by atoms with Crippen LogP contribution in [0.15, 0.2) is 205 Å². The Bertz CT molecular complexity index is 3590. The molecule has 12 aromatic rings. The van der Waals surface area contributed by atoms with Gasteiger partial charge in [0.1, 0.15) is 11.2 Å². The summed E-state index contributed by atoms with van der Waals surface area (Å²) in [5.41, 5.74) is 8.82. The van der Waals surface area contributed by atoms with E-state index in [1.54, 1.807) is 0 Å². The Balaban J connectivity index is 1.20. The van der Waals surface area contributed by atoms with E-state index in [1.165, 1.54) is 10.8 Å². The molecular weight excluding hydrogens is 719 g/mol. The van der Waals surface area contributed by atoms with E-state index >= 15 is 0 Å². The Hall–Kier alpha value is -7.95. The highest BCUT2D eigenvalue weighted by molar-refractivity contribution is 6.34. The van der Waals surface area contributed by atoms with Crippen LogP contribution >= 0.6 is 0 Å². The molecule has 10 aromatic carbocycles. The van der Waals surface area contributed by atoms with E-state index in [2.05, 4.69) is 188 Å². The van der Waals surface area contributed by atoms with Gasteiger partial charge in [-0.3, -0.25) is 0 Å². The molecule has 0 unspecified atom stereocenters. The molecule has 0 aliphatic heterocycles. The van der Waals surface area contributed by atoms with Crippen molar-refractivity contribution in [3.8, 4) is 56.4 Å². The predicted octanol–water partition coefficient (Wildman–Crippen LogP) is 14.7. The third-order valence-corrected chi connectivity index (χ3v) is 11.7. The Labute approximate surface area is 339 Å². The molecule has 0 bridgehead atoms. The van der Waals surface area contributed by atoms with Crippen molar-refractivity contribution in [2.75, 3.05) is 0 Å². The number of rotatable bonds is 5. The molecule has 0 atom stereocenters. The Kier molecular flexibility index (Phi) is 7.50. The molecular formula is C55H33N3O. The van der Waals surface area contributed by atoms with Gasteiger partial charge in [-0.2, -0.15) is 0 Å². The molecule has 0 spiro atoms. The summed E-state index contributed by atoms with van der Waals surface area (Å²) in [6, 6.07) is 70.3. The van der Waals surface area contributed by atoms with Crippen LogP contribution in [-0.4, -0.2) is 15.0 Å². The number of hydrogen-bond donors (Lipinski definition) is 0. The van der Waals surface area contributed by atoms with Gasteiger partial charge < -0.3 is 4.42 Å². The normalized spacial score (nSPS) is 11.7. The van der Waals surface area contributed by atoms with Gasteiger partial charge in [0.2, 0.25) is 0 Å². The minimum atomic E-state index is 0.583. The lowest BCUT2D eigenvalue weighted by molar-refractivity contribution is 0.673. The van der Waals surface area contributed by atoms with Crippen molar-refractivity contribution in [2.45, 2.75) is 0 Å². The highest BCUT2D eigenvalue weighted by atomic mass is 16.3. The fourth-order valence-electron chi connectivity index (χ4n) is 8.92.